The van der Waals surface area contributed by atoms with Crippen LogP contribution in [-0.2, 0) is 9.84 Å². The van der Waals surface area contributed by atoms with Gasteiger partial charge in [0.2, 0.25) is 9.84 Å². The maximum absolute atomic E-state index is 12.5. The SMILES string of the molecule is CC(=O)c1cnc(S(=O)(=O)CCC(F)=C(F)F)o1. The van der Waals surface area contributed by atoms with E-state index in [0.717, 1.165) is 13.1 Å². The molecule has 1 rings (SSSR count). The van der Waals surface area contributed by atoms with E-state index in [-0.39, 0.29) is 5.76 Å². The molecule has 0 bridgehead atoms. The molecule has 0 aliphatic heterocycles. The summed E-state index contributed by atoms with van der Waals surface area (Å²) in [6.07, 6.45) is -2.65. The molecule has 0 fully saturated rings. The van der Waals surface area contributed by atoms with E-state index in [0.29, 0.717) is 0 Å². The van der Waals surface area contributed by atoms with E-state index in [1.807, 2.05) is 0 Å². The summed E-state index contributed by atoms with van der Waals surface area (Å²) in [5.74, 6) is -3.54. The zero-order valence-corrected chi connectivity index (χ0v) is 9.93. The number of allylic oxidation sites excluding steroid dienone is 1. The summed E-state index contributed by atoms with van der Waals surface area (Å²) in [7, 11) is -4.14. The smallest absolute Gasteiger partial charge is 0.315 e. The predicted molar refractivity (Wildman–Crippen MR) is 53.5 cm³/mol. The van der Waals surface area contributed by atoms with Crippen molar-refractivity contribution in [3.05, 3.63) is 23.9 Å². The molecule has 0 aliphatic carbocycles. The topological polar surface area (TPSA) is 77.2 Å². The quantitative estimate of drug-likeness (QED) is 0.773. The lowest BCUT2D eigenvalue weighted by Crippen LogP contribution is -2.07. The fraction of sp³-hybridized carbons (Fsp3) is 0.333. The van der Waals surface area contributed by atoms with Crippen LogP contribution < -0.4 is 0 Å². The molecule has 0 saturated carbocycles. The molecule has 1 aromatic heterocycles. The second kappa shape index (κ2) is 5.34. The van der Waals surface area contributed by atoms with Gasteiger partial charge in [-0.1, -0.05) is 0 Å². The summed E-state index contributed by atoms with van der Waals surface area (Å²) in [5.41, 5.74) is 0. The van der Waals surface area contributed by atoms with Gasteiger partial charge in [-0.2, -0.15) is 8.78 Å². The van der Waals surface area contributed by atoms with E-state index < -0.39 is 44.9 Å². The van der Waals surface area contributed by atoms with Crippen LogP contribution in [0.15, 0.2) is 27.7 Å². The second-order valence-corrected chi connectivity index (χ2v) is 5.27. The van der Waals surface area contributed by atoms with Gasteiger partial charge in [-0.05, 0) is 0 Å². The highest BCUT2D eigenvalue weighted by Gasteiger charge is 2.23. The lowest BCUT2D eigenvalue weighted by Gasteiger charge is -1.97. The van der Waals surface area contributed by atoms with Crippen molar-refractivity contribution in [3.63, 3.8) is 0 Å². The van der Waals surface area contributed by atoms with Gasteiger partial charge in [0.15, 0.2) is 17.4 Å². The number of halogens is 3. The third kappa shape index (κ3) is 3.42. The van der Waals surface area contributed by atoms with Crippen molar-refractivity contribution in [2.75, 3.05) is 5.75 Å². The number of hydrogen-bond donors (Lipinski definition) is 0. The van der Waals surface area contributed by atoms with Gasteiger partial charge >= 0.3 is 11.3 Å². The van der Waals surface area contributed by atoms with Crippen molar-refractivity contribution in [3.8, 4) is 0 Å². The summed E-state index contributed by atoms with van der Waals surface area (Å²) in [6.45, 7) is 1.14. The van der Waals surface area contributed by atoms with Crippen molar-refractivity contribution in [1.82, 2.24) is 4.98 Å². The fourth-order valence-electron chi connectivity index (χ4n) is 0.970. The minimum absolute atomic E-state index is 0.277. The van der Waals surface area contributed by atoms with Crippen molar-refractivity contribution in [2.24, 2.45) is 0 Å². The summed E-state index contributed by atoms with van der Waals surface area (Å²) in [5, 5.41) is -0.792. The zero-order chi connectivity index (χ0) is 13.9. The van der Waals surface area contributed by atoms with Gasteiger partial charge < -0.3 is 4.42 Å². The highest BCUT2D eigenvalue weighted by Crippen LogP contribution is 2.18. The Bertz CT molecular complexity index is 587. The molecule has 100 valence electrons. The lowest BCUT2D eigenvalue weighted by atomic mass is 10.4. The Balaban J connectivity index is 2.87. The molecular weight excluding hydrogens is 275 g/mol. The molecule has 0 radical (unpaired) electrons. The summed E-state index contributed by atoms with van der Waals surface area (Å²) in [4.78, 5) is 14.2. The third-order valence-corrected chi connectivity index (χ3v) is 3.36. The first-order chi connectivity index (χ1) is 8.24. The minimum Gasteiger partial charge on any atom is -0.425 e. The average molecular weight is 283 g/mol. The molecule has 0 aliphatic rings. The molecule has 0 unspecified atom stereocenters. The highest BCUT2D eigenvalue weighted by atomic mass is 32.2. The number of sulfone groups is 1. The van der Waals surface area contributed by atoms with Crippen molar-refractivity contribution in [2.45, 2.75) is 18.6 Å². The van der Waals surface area contributed by atoms with Crippen LogP contribution in [0.25, 0.3) is 0 Å². The predicted octanol–water partition coefficient (Wildman–Crippen LogP) is 2.12. The van der Waals surface area contributed by atoms with Crippen LogP contribution in [0.4, 0.5) is 13.2 Å². The van der Waals surface area contributed by atoms with Crippen LogP contribution in [0.2, 0.25) is 0 Å². The molecule has 0 amide bonds. The maximum atomic E-state index is 12.5. The van der Waals surface area contributed by atoms with Crippen LogP contribution in [0, 0.1) is 0 Å². The summed E-state index contributed by atoms with van der Waals surface area (Å²) >= 11 is 0. The Morgan fingerprint density at radius 3 is 2.44 bits per heavy atom. The van der Waals surface area contributed by atoms with Gasteiger partial charge in [-0.3, -0.25) is 4.79 Å². The minimum atomic E-state index is -4.14. The maximum Gasteiger partial charge on any atom is 0.315 e. The Morgan fingerprint density at radius 2 is 2.00 bits per heavy atom. The number of hydrogen-bond acceptors (Lipinski definition) is 5. The van der Waals surface area contributed by atoms with Crippen LogP contribution in [0.1, 0.15) is 23.9 Å². The number of aromatic nitrogens is 1. The second-order valence-electron chi connectivity index (χ2n) is 3.28. The number of oxazole rings is 1. The Labute approximate surface area is 100 Å². The number of carbonyl (C=O) groups excluding carboxylic acids is 1. The van der Waals surface area contributed by atoms with Crippen molar-refractivity contribution < 1.29 is 30.8 Å². The molecule has 1 aromatic rings. The molecular formula is C9H8F3NO4S. The van der Waals surface area contributed by atoms with Gasteiger partial charge in [0.1, 0.15) is 0 Å². The number of rotatable bonds is 5. The molecule has 0 atom stereocenters. The third-order valence-electron chi connectivity index (χ3n) is 1.89. The number of nitrogens with zero attached hydrogens (tertiary/aromatic N) is 1. The summed E-state index contributed by atoms with van der Waals surface area (Å²) in [6, 6.07) is 0. The normalized spacial score (nSPS) is 11.3. The standard InChI is InChI=1S/C9H8F3NO4S/c1-5(14)7-4-13-9(17-7)18(15,16)3-2-6(10)8(11)12/h4H,2-3H2,1H3. The molecule has 0 N–H and O–H groups in total. The monoisotopic (exact) mass is 283 g/mol. The first kappa shape index (κ1) is 14.4. The van der Waals surface area contributed by atoms with Gasteiger partial charge in [0, 0.05) is 13.3 Å². The first-order valence-electron chi connectivity index (χ1n) is 4.63. The number of Topliss-reactive ketones (excluding diaryl/α,β-unsaturated/α-hetero) is 1. The van der Waals surface area contributed by atoms with E-state index in [4.69, 9.17) is 0 Å². The first-order valence-corrected chi connectivity index (χ1v) is 6.28. The van der Waals surface area contributed by atoms with Crippen LogP contribution >= 0.6 is 0 Å². The Morgan fingerprint density at radius 1 is 1.39 bits per heavy atom. The highest BCUT2D eigenvalue weighted by molar-refractivity contribution is 7.91. The molecule has 9 heteroatoms. The van der Waals surface area contributed by atoms with E-state index in [2.05, 4.69) is 9.40 Å². The number of ketones is 1. The Kier molecular flexibility index (Phi) is 4.28. The van der Waals surface area contributed by atoms with Gasteiger partial charge in [0.05, 0.1) is 11.9 Å². The van der Waals surface area contributed by atoms with Crippen LogP contribution in [-0.4, -0.2) is 24.9 Å². The van der Waals surface area contributed by atoms with Crippen molar-refractivity contribution in [1.29, 1.82) is 0 Å². The molecule has 5 nitrogen and oxygen atoms in total. The fourth-order valence-corrected chi connectivity index (χ4v) is 2.02. The Hall–Kier alpha value is -1.64. The summed E-state index contributed by atoms with van der Waals surface area (Å²) < 4.78 is 63.6. The van der Waals surface area contributed by atoms with Crippen LogP contribution in [0.3, 0.4) is 0 Å². The van der Waals surface area contributed by atoms with Gasteiger partial charge in [0.25, 0.3) is 0 Å². The molecule has 18 heavy (non-hydrogen) atoms. The van der Waals surface area contributed by atoms with Crippen LogP contribution in [0.5, 0.6) is 0 Å². The molecule has 0 saturated heterocycles. The largest absolute Gasteiger partial charge is 0.425 e. The van der Waals surface area contributed by atoms with E-state index in [1.54, 1.807) is 0 Å². The van der Waals surface area contributed by atoms with E-state index >= 15 is 0 Å². The van der Waals surface area contributed by atoms with Gasteiger partial charge in [-0.15, -0.1) is 0 Å². The lowest BCUT2D eigenvalue weighted by molar-refractivity contribution is 0.0982. The van der Waals surface area contributed by atoms with Crippen molar-refractivity contribution >= 4 is 15.6 Å². The number of carbonyl (C=O) groups is 1. The van der Waals surface area contributed by atoms with Gasteiger partial charge in [-0.25, -0.2) is 17.8 Å². The zero-order valence-electron chi connectivity index (χ0n) is 9.11. The molecule has 0 aromatic carbocycles. The average Bonchev–Trinajstić information content (AvgIpc) is 2.75. The van der Waals surface area contributed by atoms with E-state index in [9.17, 15) is 26.4 Å². The molecule has 0 spiro atoms. The van der Waals surface area contributed by atoms with E-state index in [1.165, 1.54) is 0 Å². The molecule has 1 heterocycles.